The number of pyridine rings is 1. The van der Waals surface area contributed by atoms with Crippen LogP contribution in [-0.2, 0) is 13.0 Å². The van der Waals surface area contributed by atoms with Crippen LogP contribution in [0.3, 0.4) is 0 Å². The second kappa shape index (κ2) is 4.53. The molecule has 2 rings (SSSR count). The van der Waals surface area contributed by atoms with Gasteiger partial charge in [0.1, 0.15) is 5.82 Å². The van der Waals surface area contributed by atoms with Gasteiger partial charge in [0.2, 0.25) is 0 Å². The topological polar surface area (TPSA) is 51.3 Å². The second-order valence-electron chi connectivity index (χ2n) is 5.01. The Labute approximate surface area is 102 Å². The maximum absolute atomic E-state index is 12.0. The molecule has 94 valence electrons. The Kier molecular flexibility index (Phi) is 3.24. The molecule has 1 aliphatic heterocycles. The molecule has 4 nitrogen and oxygen atoms in total. The molecule has 0 saturated carbocycles. The number of aromatic nitrogens is 1. The maximum atomic E-state index is 12.0. The van der Waals surface area contributed by atoms with Gasteiger partial charge in [-0.05, 0) is 30.0 Å². The van der Waals surface area contributed by atoms with Gasteiger partial charge in [-0.15, -0.1) is 0 Å². The lowest BCUT2D eigenvalue weighted by molar-refractivity contribution is 0.744. The first-order valence-corrected chi connectivity index (χ1v) is 6.24. The molecular weight excluding hydrogens is 214 g/mol. The van der Waals surface area contributed by atoms with E-state index < -0.39 is 0 Å². The summed E-state index contributed by atoms with van der Waals surface area (Å²) in [5, 5.41) is 0. The predicted molar refractivity (Wildman–Crippen MR) is 70.8 cm³/mol. The Balaban J connectivity index is 2.67. The predicted octanol–water partition coefficient (Wildman–Crippen LogP) is 0.923. The van der Waals surface area contributed by atoms with Crippen molar-refractivity contribution in [2.24, 2.45) is 5.73 Å². The molecular formula is C13H21N3O. The highest BCUT2D eigenvalue weighted by Gasteiger charge is 2.23. The number of nitrogens with two attached hydrogens (primary N) is 1. The van der Waals surface area contributed by atoms with Crippen LogP contribution in [0.2, 0.25) is 0 Å². The van der Waals surface area contributed by atoms with Crippen molar-refractivity contribution in [3.63, 3.8) is 0 Å². The number of likely N-dealkylation sites (N-methyl/N-ethyl adjacent to an activating group) is 1. The summed E-state index contributed by atoms with van der Waals surface area (Å²) >= 11 is 0. The molecule has 0 amide bonds. The van der Waals surface area contributed by atoms with Gasteiger partial charge in [-0.2, -0.15) is 0 Å². The van der Waals surface area contributed by atoms with Crippen LogP contribution < -0.4 is 16.2 Å². The van der Waals surface area contributed by atoms with Crippen molar-refractivity contribution < 1.29 is 0 Å². The lowest BCUT2D eigenvalue weighted by Crippen LogP contribution is -2.23. The van der Waals surface area contributed by atoms with Gasteiger partial charge in [-0.3, -0.25) is 9.36 Å². The number of hydrogen-bond acceptors (Lipinski definition) is 3. The van der Waals surface area contributed by atoms with Crippen molar-refractivity contribution in [3.8, 4) is 0 Å². The molecule has 0 saturated heterocycles. The molecule has 0 radical (unpaired) electrons. The van der Waals surface area contributed by atoms with Crippen molar-refractivity contribution in [1.82, 2.24) is 4.57 Å². The summed E-state index contributed by atoms with van der Waals surface area (Å²) in [6.45, 7) is 6.58. The highest BCUT2D eigenvalue weighted by atomic mass is 16.1. The van der Waals surface area contributed by atoms with E-state index in [0.29, 0.717) is 12.5 Å². The molecule has 1 aromatic heterocycles. The molecule has 0 aliphatic carbocycles. The number of hydrogen-bond donors (Lipinski definition) is 1. The van der Waals surface area contributed by atoms with Gasteiger partial charge in [0.15, 0.2) is 0 Å². The van der Waals surface area contributed by atoms with Crippen LogP contribution in [0.1, 0.15) is 30.9 Å². The van der Waals surface area contributed by atoms with E-state index in [-0.39, 0.29) is 5.56 Å². The molecule has 0 unspecified atom stereocenters. The standard InChI is InChI=1S/C13H21N3O/c1-9(2)11-8-12(17)16-7-6-15(3)13(16)10(11)4-5-14/h8-9H,4-7,14H2,1-3H3. The smallest absolute Gasteiger partial charge is 0.252 e. The third kappa shape index (κ3) is 1.97. The molecule has 0 aromatic carbocycles. The van der Waals surface area contributed by atoms with Crippen molar-refractivity contribution in [2.75, 3.05) is 25.0 Å². The quantitative estimate of drug-likeness (QED) is 0.847. The van der Waals surface area contributed by atoms with Crippen LogP contribution in [0.15, 0.2) is 10.9 Å². The highest BCUT2D eigenvalue weighted by Crippen LogP contribution is 2.29. The van der Waals surface area contributed by atoms with Crippen LogP contribution in [0, 0.1) is 0 Å². The molecule has 2 heterocycles. The lowest BCUT2D eigenvalue weighted by Gasteiger charge is -2.21. The summed E-state index contributed by atoms with van der Waals surface area (Å²) in [6.07, 6.45) is 0.841. The summed E-state index contributed by atoms with van der Waals surface area (Å²) in [6, 6.07) is 1.79. The highest BCUT2D eigenvalue weighted by molar-refractivity contribution is 5.54. The molecule has 2 N–H and O–H groups in total. The Morgan fingerprint density at radius 1 is 1.41 bits per heavy atom. The summed E-state index contributed by atoms with van der Waals surface area (Å²) in [5.74, 6) is 1.44. The first-order chi connectivity index (χ1) is 8.06. The molecule has 4 heteroatoms. The number of fused-ring (bicyclic) bond motifs is 1. The van der Waals surface area contributed by atoms with Crippen LogP contribution in [0.25, 0.3) is 0 Å². The Bertz CT molecular complexity index is 476. The zero-order valence-electron chi connectivity index (χ0n) is 10.9. The molecule has 0 spiro atoms. The fraction of sp³-hybridized carbons (Fsp3) is 0.615. The molecule has 0 fully saturated rings. The van der Waals surface area contributed by atoms with Gasteiger partial charge in [-0.1, -0.05) is 13.8 Å². The van der Waals surface area contributed by atoms with Gasteiger partial charge in [0, 0.05) is 26.2 Å². The maximum Gasteiger partial charge on any atom is 0.252 e. The van der Waals surface area contributed by atoms with Crippen molar-refractivity contribution in [3.05, 3.63) is 27.5 Å². The number of anilines is 1. The van der Waals surface area contributed by atoms with E-state index >= 15 is 0 Å². The minimum Gasteiger partial charge on any atom is -0.359 e. The summed E-state index contributed by atoms with van der Waals surface area (Å²) < 4.78 is 1.87. The Morgan fingerprint density at radius 2 is 2.12 bits per heavy atom. The largest absolute Gasteiger partial charge is 0.359 e. The van der Waals surface area contributed by atoms with Gasteiger partial charge in [-0.25, -0.2) is 0 Å². The van der Waals surface area contributed by atoms with Crippen LogP contribution >= 0.6 is 0 Å². The van der Waals surface area contributed by atoms with E-state index in [2.05, 4.69) is 18.7 Å². The zero-order chi connectivity index (χ0) is 12.6. The van der Waals surface area contributed by atoms with E-state index in [1.807, 2.05) is 11.6 Å². The van der Waals surface area contributed by atoms with Crippen molar-refractivity contribution in [1.29, 1.82) is 0 Å². The normalized spacial score (nSPS) is 14.5. The fourth-order valence-electron chi connectivity index (χ4n) is 2.62. The molecule has 1 aromatic rings. The van der Waals surface area contributed by atoms with Crippen LogP contribution in [0.4, 0.5) is 5.82 Å². The van der Waals surface area contributed by atoms with E-state index in [4.69, 9.17) is 5.73 Å². The molecule has 0 atom stereocenters. The van der Waals surface area contributed by atoms with E-state index in [0.717, 1.165) is 30.9 Å². The minimum atomic E-state index is 0.119. The van der Waals surface area contributed by atoms with Gasteiger partial charge >= 0.3 is 0 Å². The first kappa shape index (κ1) is 12.2. The van der Waals surface area contributed by atoms with Gasteiger partial charge < -0.3 is 10.6 Å². The summed E-state index contributed by atoms with van der Waals surface area (Å²) in [4.78, 5) is 14.2. The van der Waals surface area contributed by atoms with Crippen molar-refractivity contribution in [2.45, 2.75) is 32.7 Å². The molecule has 1 aliphatic rings. The lowest BCUT2D eigenvalue weighted by atomic mass is 9.96. The van der Waals surface area contributed by atoms with E-state index in [1.165, 1.54) is 5.56 Å². The third-order valence-electron chi connectivity index (χ3n) is 3.46. The molecule has 17 heavy (non-hydrogen) atoms. The average Bonchev–Trinajstić information content (AvgIpc) is 2.65. The SMILES string of the molecule is CC(C)c1cc(=O)n2c(c1CCN)N(C)CC2. The zero-order valence-corrected chi connectivity index (χ0v) is 10.9. The third-order valence-corrected chi connectivity index (χ3v) is 3.46. The van der Waals surface area contributed by atoms with Crippen molar-refractivity contribution >= 4 is 5.82 Å². The minimum absolute atomic E-state index is 0.119. The van der Waals surface area contributed by atoms with Gasteiger partial charge in [0.25, 0.3) is 5.56 Å². The van der Waals surface area contributed by atoms with Crippen LogP contribution in [-0.4, -0.2) is 24.7 Å². The van der Waals surface area contributed by atoms with E-state index in [9.17, 15) is 4.79 Å². The molecule has 0 bridgehead atoms. The Morgan fingerprint density at radius 3 is 2.71 bits per heavy atom. The summed E-state index contributed by atoms with van der Waals surface area (Å²) in [7, 11) is 2.04. The first-order valence-electron chi connectivity index (χ1n) is 6.24. The average molecular weight is 235 g/mol. The number of nitrogens with zero attached hydrogens (tertiary/aromatic N) is 2. The Hall–Kier alpha value is -1.29. The van der Waals surface area contributed by atoms with Gasteiger partial charge in [0.05, 0.1) is 0 Å². The van der Waals surface area contributed by atoms with E-state index in [1.54, 1.807) is 6.07 Å². The monoisotopic (exact) mass is 235 g/mol. The fourth-order valence-corrected chi connectivity index (χ4v) is 2.62. The second-order valence-corrected chi connectivity index (χ2v) is 5.01. The van der Waals surface area contributed by atoms with Crippen LogP contribution in [0.5, 0.6) is 0 Å². The number of rotatable bonds is 3. The summed E-state index contributed by atoms with van der Waals surface area (Å²) in [5.41, 5.74) is 8.23.